The van der Waals surface area contributed by atoms with E-state index in [0.717, 1.165) is 28.8 Å². The van der Waals surface area contributed by atoms with E-state index in [4.69, 9.17) is 4.74 Å². The topological polar surface area (TPSA) is 102 Å². The number of esters is 1. The molecule has 0 aliphatic heterocycles. The number of hydrogen-bond acceptors (Lipinski definition) is 5. The Morgan fingerprint density at radius 3 is 2.38 bits per heavy atom. The van der Waals surface area contributed by atoms with Crippen molar-refractivity contribution in [3.63, 3.8) is 0 Å². The molecule has 0 atom stereocenters. The molecule has 2 N–H and O–H groups in total. The normalized spacial score (nSPS) is 11.1. The van der Waals surface area contributed by atoms with E-state index in [2.05, 4.69) is 10.0 Å². The zero-order valence-electron chi connectivity index (χ0n) is 16.8. The average molecular weight is 419 g/mol. The lowest BCUT2D eigenvalue weighted by Gasteiger charge is -2.13. The molecular weight excluding hydrogens is 392 g/mol. The van der Waals surface area contributed by atoms with E-state index in [1.807, 2.05) is 32.0 Å². The smallest absolute Gasteiger partial charge is 0.306 e. The lowest BCUT2D eigenvalue weighted by Crippen LogP contribution is -2.22. The van der Waals surface area contributed by atoms with Gasteiger partial charge in [-0.2, -0.15) is 0 Å². The molecule has 0 spiro atoms. The molecule has 0 aromatic heterocycles. The van der Waals surface area contributed by atoms with Gasteiger partial charge in [0.25, 0.3) is 5.91 Å². The molecule has 1 amide bonds. The maximum Gasteiger partial charge on any atom is 0.306 e. The van der Waals surface area contributed by atoms with Crippen molar-refractivity contribution in [2.45, 2.75) is 38.0 Å². The summed E-state index contributed by atoms with van der Waals surface area (Å²) < 4.78 is 30.7. The predicted molar refractivity (Wildman–Crippen MR) is 111 cm³/mol. The fourth-order valence-electron chi connectivity index (χ4n) is 2.80. The summed E-state index contributed by atoms with van der Waals surface area (Å²) in [5.74, 6) is -0.878. The number of para-hydroxylation sites is 1. The number of carbonyl (C=O) groups is 2. The Hall–Kier alpha value is -2.71. The molecule has 0 aliphatic rings. The first kappa shape index (κ1) is 22.6. The Morgan fingerprint density at radius 2 is 1.76 bits per heavy atom. The predicted octanol–water partition coefficient (Wildman–Crippen LogP) is 2.58. The van der Waals surface area contributed by atoms with Crippen molar-refractivity contribution in [2.24, 2.45) is 0 Å². The van der Waals surface area contributed by atoms with E-state index >= 15 is 0 Å². The third-order valence-corrected chi connectivity index (χ3v) is 5.92. The highest BCUT2D eigenvalue weighted by Crippen LogP contribution is 2.21. The minimum atomic E-state index is -3.48. The quantitative estimate of drug-likeness (QED) is 0.610. The highest BCUT2D eigenvalue weighted by Gasteiger charge is 2.13. The second-order valence-corrected chi connectivity index (χ2v) is 8.41. The number of sulfonamides is 1. The number of ether oxygens (including phenoxy) is 1. The molecule has 0 heterocycles. The van der Waals surface area contributed by atoms with Crippen molar-refractivity contribution >= 4 is 27.6 Å². The molecule has 0 saturated carbocycles. The summed E-state index contributed by atoms with van der Waals surface area (Å²) in [6.07, 6.45) is 1.26. The van der Waals surface area contributed by atoms with Gasteiger partial charge in [-0.05, 0) is 55.6 Å². The Morgan fingerprint density at radius 1 is 1.07 bits per heavy atom. The van der Waals surface area contributed by atoms with Crippen molar-refractivity contribution in [1.82, 2.24) is 4.72 Å². The Labute approximate surface area is 171 Å². The molecule has 2 aromatic carbocycles. The van der Waals surface area contributed by atoms with E-state index in [1.54, 1.807) is 12.1 Å². The van der Waals surface area contributed by atoms with Crippen LogP contribution >= 0.6 is 0 Å². The second kappa shape index (κ2) is 10.2. The number of anilines is 1. The number of aryl methyl sites for hydroxylation is 3. The van der Waals surface area contributed by atoms with Gasteiger partial charge >= 0.3 is 5.97 Å². The second-order valence-electron chi connectivity index (χ2n) is 6.52. The summed E-state index contributed by atoms with van der Waals surface area (Å²) in [5, 5.41) is 2.81. The van der Waals surface area contributed by atoms with Crippen LogP contribution in [0.1, 0.15) is 30.0 Å². The van der Waals surface area contributed by atoms with Gasteiger partial charge in [0.1, 0.15) is 0 Å². The van der Waals surface area contributed by atoms with E-state index in [-0.39, 0.29) is 23.8 Å². The van der Waals surface area contributed by atoms with E-state index < -0.39 is 16.0 Å². The van der Waals surface area contributed by atoms with Crippen molar-refractivity contribution in [2.75, 3.05) is 19.0 Å². The molecule has 0 unspecified atom stereocenters. The van der Waals surface area contributed by atoms with E-state index in [1.165, 1.54) is 19.2 Å². The van der Waals surface area contributed by atoms with Crippen LogP contribution in [0.2, 0.25) is 0 Å². The van der Waals surface area contributed by atoms with Gasteiger partial charge < -0.3 is 10.1 Å². The van der Waals surface area contributed by atoms with Gasteiger partial charge in [0.2, 0.25) is 10.0 Å². The number of amides is 1. The van der Waals surface area contributed by atoms with Crippen molar-refractivity contribution in [3.8, 4) is 0 Å². The van der Waals surface area contributed by atoms with Crippen LogP contribution in [0.25, 0.3) is 0 Å². The number of rotatable bonds is 9. The summed E-state index contributed by atoms with van der Waals surface area (Å²) in [5.41, 5.74) is 3.53. The van der Waals surface area contributed by atoms with Crippen LogP contribution in [0.3, 0.4) is 0 Å². The molecule has 7 nitrogen and oxygen atoms in total. The Kier molecular flexibility index (Phi) is 7.92. The third-order valence-electron chi connectivity index (χ3n) is 4.49. The van der Waals surface area contributed by atoms with Gasteiger partial charge in [-0.15, -0.1) is 0 Å². The standard InChI is InChI=1S/C21H26N2O5S/c1-4-17-7-5-6-15(2)21(17)23-19(24)14-28-20(25)13-10-16-8-11-18(12-9-16)29(26,27)22-3/h5-9,11-12,22H,4,10,13-14H2,1-3H3,(H,23,24). The van der Waals surface area contributed by atoms with Crippen molar-refractivity contribution in [3.05, 3.63) is 59.2 Å². The Bertz CT molecular complexity index is 969. The zero-order chi connectivity index (χ0) is 21.4. The molecule has 29 heavy (non-hydrogen) atoms. The zero-order valence-corrected chi connectivity index (χ0v) is 17.6. The summed E-state index contributed by atoms with van der Waals surface area (Å²) >= 11 is 0. The molecule has 8 heteroatoms. The minimum Gasteiger partial charge on any atom is -0.456 e. The van der Waals surface area contributed by atoms with Gasteiger partial charge in [0.05, 0.1) is 4.90 Å². The lowest BCUT2D eigenvalue weighted by atomic mass is 10.1. The molecular formula is C21H26N2O5S. The van der Waals surface area contributed by atoms with Gasteiger partial charge in [-0.1, -0.05) is 37.3 Å². The maximum atomic E-state index is 12.1. The number of benzene rings is 2. The third kappa shape index (κ3) is 6.40. The molecule has 0 fully saturated rings. The molecule has 0 radical (unpaired) electrons. The molecule has 2 rings (SSSR count). The van der Waals surface area contributed by atoms with Crippen LogP contribution in [0.5, 0.6) is 0 Å². The highest BCUT2D eigenvalue weighted by atomic mass is 32.2. The molecule has 0 bridgehead atoms. The van der Waals surface area contributed by atoms with E-state index in [0.29, 0.717) is 6.42 Å². The van der Waals surface area contributed by atoms with Crippen LogP contribution in [0.4, 0.5) is 5.69 Å². The summed E-state index contributed by atoms with van der Waals surface area (Å²) in [6, 6.07) is 12.0. The summed E-state index contributed by atoms with van der Waals surface area (Å²) in [4.78, 5) is 24.2. The number of hydrogen-bond donors (Lipinski definition) is 2. The Balaban J connectivity index is 1.82. The molecule has 0 aliphatic carbocycles. The SMILES string of the molecule is CCc1cccc(C)c1NC(=O)COC(=O)CCc1ccc(S(=O)(=O)NC)cc1. The molecule has 2 aromatic rings. The van der Waals surface area contributed by atoms with Crippen LogP contribution in [-0.2, 0) is 37.2 Å². The first-order chi connectivity index (χ1) is 13.8. The average Bonchev–Trinajstić information content (AvgIpc) is 2.72. The van der Waals surface area contributed by atoms with Crippen LogP contribution in [0.15, 0.2) is 47.4 Å². The van der Waals surface area contributed by atoms with Crippen LogP contribution in [-0.4, -0.2) is 33.9 Å². The van der Waals surface area contributed by atoms with Crippen molar-refractivity contribution in [1.29, 1.82) is 0 Å². The first-order valence-electron chi connectivity index (χ1n) is 9.33. The number of carbonyl (C=O) groups excluding carboxylic acids is 2. The maximum absolute atomic E-state index is 12.1. The van der Waals surface area contributed by atoms with Gasteiger partial charge in [0, 0.05) is 12.1 Å². The lowest BCUT2D eigenvalue weighted by molar-refractivity contribution is -0.147. The largest absolute Gasteiger partial charge is 0.456 e. The number of nitrogens with one attached hydrogen (secondary N) is 2. The minimum absolute atomic E-state index is 0.0932. The fraction of sp³-hybridized carbons (Fsp3) is 0.333. The van der Waals surface area contributed by atoms with Crippen LogP contribution in [0, 0.1) is 6.92 Å². The monoisotopic (exact) mass is 418 g/mol. The van der Waals surface area contributed by atoms with Crippen molar-refractivity contribution < 1.29 is 22.7 Å². The molecule has 0 saturated heterocycles. The fourth-order valence-corrected chi connectivity index (χ4v) is 3.53. The first-order valence-corrected chi connectivity index (χ1v) is 10.8. The van der Waals surface area contributed by atoms with Gasteiger partial charge in [0.15, 0.2) is 6.61 Å². The summed E-state index contributed by atoms with van der Waals surface area (Å²) in [7, 11) is -2.14. The summed E-state index contributed by atoms with van der Waals surface area (Å²) in [6.45, 7) is 3.56. The van der Waals surface area contributed by atoms with Gasteiger partial charge in [-0.25, -0.2) is 13.1 Å². The van der Waals surface area contributed by atoms with E-state index in [9.17, 15) is 18.0 Å². The van der Waals surface area contributed by atoms with Gasteiger partial charge in [-0.3, -0.25) is 9.59 Å². The highest BCUT2D eigenvalue weighted by molar-refractivity contribution is 7.89. The molecule has 156 valence electrons. The van der Waals surface area contributed by atoms with Crippen LogP contribution < -0.4 is 10.0 Å².